The molecule has 2 rings (SSSR count). The van der Waals surface area contributed by atoms with E-state index in [0.29, 0.717) is 18.9 Å². The van der Waals surface area contributed by atoms with E-state index in [2.05, 4.69) is 0 Å². The van der Waals surface area contributed by atoms with Crippen LogP contribution in [0.5, 0.6) is 0 Å². The number of hydrogen-bond donors (Lipinski definition) is 1. The predicted octanol–water partition coefficient (Wildman–Crippen LogP) is 2.24. The van der Waals surface area contributed by atoms with E-state index in [9.17, 15) is 13.2 Å². The van der Waals surface area contributed by atoms with Gasteiger partial charge in [-0.2, -0.15) is 0 Å². The molecule has 116 valence electrons. The molecule has 0 aromatic heterocycles. The van der Waals surface area contributed by atoms with Gasteiger partial charge in [0.15, 0.2) is 0 Å². The molecule has 2 N–H and O–H groups in total. The Labute approximate surface area is 125 Å². The third-order valence-corrected chi connectivity index (χ3v) is 4.91. The Bertz CT molecular complexity index is 621. The van der Waals surface area contributed by atoms with Crippen molar-refractivity contribution in [3.63, 3.8) is 0 Å². The summed E-state index contributed by atoms with van der Waals surface area (Å²) in [4.78, 5) is 12.1. The second kappa shape index (κ2) is 6.58. The van der Waals surface area contributed by atoms with Crippen LogP contribution in [0.2, 0.25) is 0 Å². The van der Waals surface area contributed by atoms with Crippen LogP contribution in [0, 0.1) is 5.92 Å². The Morgan fingerprint density at radius 3 is 2.62 bits per heavy atom. The number of benzene rings is 1. The van der Waals surface area contributed by atoms with Crippen LogP contribution in [0.4, 0.5) is 0 Å². The van der Waals surface area contributed by atoms with Crippen molar-refractivity contribution >= 4 is 16.0 Å². The van der Waals surface area contributed by atoms with E-state index in [1.54, 1.807) is 6.07 Å². The summed E-state index contributed by atoms with van der Waals surface area (Å²) in [6, 6.07) is 4.33. The van der Waals surface area contributed by atoms with Crippen LogP contribution in [0.25, 0.3) is 0 Å². The van der Waals surface area contributed by atoms with Crippen molar-refractivity contribution < 1.29 is 17.9 Å². The first-order valence-electron chi connectivity index (χ1n) is 7.24. The van der Waals surface area contributed by atoms with E-state index < -0.39 is 16.0 Å². The number of hydrogen-bond acceptors (Lipinski definition) is 4. The summed E-state index contributed by atoms with van der Waals surface area (Å²) in [5, 5.41) is 5.10. The minimum Gasteiger partial charge on any atom is -0.462 e. The topological polar surface area (TPSA) is 86.5 Å². The SMILES string of the molecule is CCc1ccc(S(N)(=O)=O)cc1C(=O)OCCC1CCC1. The number of aryl methyl sites for hydroxylation is 1. The number of nitrogens with two attached hydrogens (primary N) is 1. The summed E-state index contributed by atoms with van der Waals surface area (Å²) in [5.74, 6) is 0.191. The molecule has 0 aliphatic heterocycles. The highest BCUT2D eigenvalue weighted by molar-refractivity contribution is 7.89. The third-order valence-electron chi connectivity index (χ3n) is 3.99. The normalized spacial score (nSPS) is 15.5. The molecule has 1 fully saturated rings. The zero-order valence-electron chi connectivity index (χ0n) is 12.2. The maximum Gasteiger partial charge on any atom is 0.338 e. The Hall–Kier alpha value is -1.40. The van der Waals surface area contributed by atoms with Gasteiger partial charge in [-0.1, -0.05) is 32.3 Å². The second-order valence-electron chi connectivity index (χ2n) is 5.44. The Morgan fingerprint density at radius 1 is 1.38 bits per heavy atom. The number of primary sulfonamides is 1. The van der Waals surface area contributed by atoms with Gasteiger partial charge in [-0.15, -0.1) is 0 Å². The average molecular weight is 311 g/mol. The van der Waals surface area contributed by atoms with Crippen molar-refractivity contribution in [2.45, 2.75) is 43.9 Å². The van der Waals surface area contributed by atoms with Crippen LogP contribution in [-0.2, 0) is 21.2 Å². The lowest BCUT2D eigenvalue weighted by molar-refractivity contribution is 0.0463. The summed E-state index contributed by atoms with van der Waals surface area (Å²) >= 11 is 0. The average Bonchev–Trinajstić information content (AvgIpc) is 2.39. The molecule has 1 aliphatic rings. The van der Waals surface area contributed by atoms with E-state index >= 15 is 0 Å². The number of sulfonamides is 1. The molecule has 0 amide bonds. The molecule has 21 heavy (non-hydrogen) atoms. The van der Waals surface area contributed by atoms with Gasteiger partial charge >= 0.3 is 5.97 Å². The molecule has 0 saturated heterocycles. The van der Waals surface area contributed by atoms with E-state index in [0.717, 1.165) is 12.0 Å². The summed E-state index contributed by atoms with van der Waals surface area (Å²) in [6.07, 6.45) is 5.17. The lowest BCUT2D eigenvalue weighted by atomic mass is 9.83. The van der Waals surface area contributed by atoms with Crippen molar-refractivity contribution in [1.29, 1.82) is 0 Å². The van der Waals surface area contributed by atoms with Crippen molar-refractivity contribution in [3.8, 4) is 0 Å². The van der Waals surface area contributed by atoms with Gasteiger partial charge in [0, 0.05) is 0 Å². The van der Waals surface area contributed by atoms with E-state index in [1.165, 1.54) is 31.4 Å². The molecular weight excluding hydrogens is 290 g/mol. The molecule has 1 aliphatic carbocycles. The highest BCUT2D eigenvalue weighted by Gasteiger charge is 2.20. The van der Waals surface area contributed by atoms with Crippen LogP contribution in [0.1, 0.15) is 48.5 Å². The van der Waals surface area contributed by atoms with Gasteiger partial charge in [-0.05, 0) is 36.5 Å². The quantitative estimate of drug-likeness (QED) is 0.816. The van der Waals surface area contributed by atoms with E-state index in [1.807, 2.05) is 6.92 Å². The van der Waals surface area contributed by atoms with Crippen LogP contribution < -0.4 is 5.14 Å². The summed E-state index contributed by atoms with van der Waals surface area (Å²) in [7, 11) is -3.82. The number of ether oxygens (including phenoxy) is 1. The van der Waals surface area contributed by atoms with Gasteiger partial charge in [0.2, 0.25) is 10.0 Å². The highest BCUT2D eigenvalue weighted by Crippen LogP contribution is 2.29. The van der Waals surface area contributed by atoms with Gasteiger partial charge < -0.3 is 4.74 Å². The molecule has 0 unspecified atom stereocenters. The fourth-order valence-electron chi connectivity index (χ4n) is 2.41. The van der Waals surface area contributed by atoms with E-state index in [4.69, 9.17) is 9.88 Å². The molecule has 0 spiro atoms. The molecule has 5 nitrogen and oxygen atoms in total. The minimum atomic E-state index is -3.82. The number of carbonyl (C=O) groups excluding carboxylic acids is 1. The monoisotopic (exact) mass is 311 g/mol. The first kappa shape index (κ1) is 16.0. The van der Waals surface area contributed by atoms with Crippen LogP contribution in [-0.4, -0.2) is 21.0 Å². The Morgan fingerprint density at radius 2 is 2.10 bits per heavy atom. The van der Waals surface area contributed by atoms with Crippen molar-refractivity contribution in [2.24, 2.45) is 11.1 Å². The molecule has 1 aromatic carbocycles. The van der Waals surface area contributed by atoms with Gasteiger partial charge in [0.25, 0.3) is 0 Å². The van der Waals surface area contributed by atoms with Crippen LogP contribution in [0.15, 0.2) is 23.1 Å². The maximum atomic E-state index is 12.1. The van der Waals surface area contributed by atoms with Crippen molar-refractivity contribution in [3.05, 3.63) is 29.3 Å². The van der Waals surface area contributed by atoms with E-state index in [-0.39, 0.29) is 10.5 Å². The fourth-order valence-corrected chi connectivity index (χ4v) is 2.95. The van der Waals surface area contributed by atoms with Crippen LogP contribution >= 0.6 is 0 Å². The zero-order chi connectivity index (χ0) is 15.5. The molecule has 0 radical (unpaired) electrons. The largest absolute Gasteiger partial charge is 0.462 e. The lowest BCUT2D eigenvalue weighted by Gasteiger charge is -2.24. The molecule has 0 atom stereocenters. The zero-order valence-corrected chi connectivity index (χ0v) is 13.0. The lowest BCUT2D eigenvalue weighted by Crippen LogP contribution is -2.17. The first-order chi connectivity index (χ1) is 9.91. The van der Waals surface area contributed by atoms with Crippen molar-refractivity contribution in [2.75, 3.05) is 6.61 Å². The number of esters is 1. The Balaban J connectivity index is 2.09. The molecular formula is C15H21NO4S. The van der Waals surface area contributed by atoms with Gasteiger partial charge in [0.1, 0.15) is 0 Å². The maximum absolute atomic E-state index is 12.1. The molecule has 1 aromatic rings. The summed E-state index contributed by atoms with van der Waals surface area (Å²) in [6.45, 7) is 2.28. The van der Waals surface area contributed by atoms with Crippen LogP contribution in [0.3, 0.4) is 0 Å². The second-order valence-corrected chi connectivity index (χ2v) is 7.00. The molecule has 0 heterocycles. The molecule has 0 bridgehead atoms. The van der Waals surface area contributed by atoms with Gasteiger partial charge in [0.05, 0.1) is 17.1 Å². The fraction of sp³-hybridized carbons (Fsp3) is 0.533. The van der Waals surface area contributed by atoms with Gasteiger partial charge in [-0.25, -0.2) is 18.4 Å². The van der Waals surface area contributed by atoms with Crippen molar-refractivity contribution in [1.82, 2.24) is 0 Å². The molecule has 6 heteroatoms. The first-order valence-corrected chi connectivity index (χ1v) is 8.79. The standard InChI is InChI=1S/C15H21NO4S/c1-2-12-6-7-13(21(16,18)19)10-14(12)15(17)20-9-8-11-4-3-5-11/h6-7,10-11H,2-5,8-9H2,1H3,(H2,16,18,19). The summed E-state index contributed by atoms with van der Waals surface area (Å²) in [5.41, 5.74) is 1.05. The predicted molar refractivity (Wildman–Crippen MR) is 79.4 cm³/mol. The smallest absolute Gasteiger partial charge is 0.338 e. The highest BCUT2D eigenvalue weighted by atomic mass is 32.2. The Kier molecular flexibility index (Phi) is 5.00. The summed E-state index contributed by atoms with van der Waals surface area (Å²) < 4.78 is 28.0. The van der Waals surface area contributed by atoms with Gasteiger partial charge in [-0.3, -0.25) is 0 Å². The number of rotatable bonds is 6. The minimum absolute atomic E-state index is 0.0642. The third kappa shape index (κ3) is 4.04. The molecule has 1 saturated carbocycles. The number of carbonyl (C=O) groups is 1.